The predicted molar refractivity (Wildman–Crippen MR) is 76.3 cm³/mol. The van der Waals surface area contributed by atoms with Crippen molar-refractivity contribution in [3.8, 4) is 5.75 Å². The summed E-state index contributed by atoms with van der Waals surface area (Å²) in [6.07, 6.45) is 5.56. The van der Waals surface area contributed by atoms with Gasteiger partial charge in [-0.2, -0.15) is 0 Å². The molecule has 0 saturated heterocycles. The molecule has 0 bridgehead atoms. The minimum absolute atomic E-state index is 0.599. The summed E-state index contributed by atoms with van der Waals surface area (Å²) in [4.78, 5) is 10.2. The molecule has 0 aliphatic heterocycles. The molecule has 0 aliphatic carbocycles. The van der Waals surface area contributed by atoms with Crippen LogP contribution in [0.25, 0.3) is 0 Å². The van der Waals surface area contributed by atoms with E-state index < -0.39 is 0 Å². The van der Waals surface area contributed by atoms with Gasteiger partial charge in [0.15, 0.2) is 0 Å². The molecule has 1 aromatic rings. The van der Waals surface area contributed by atoms with Crippen molar-refractivity contribution in [3.05, 3.63) is 41.5 Å². The van der Waals surface area contributed by atoms with Gasteiger partial charge in [-0.15, -0.1) is 0 Å². The summed E-state index contributed by atoms with van der Waals surface area (Å²) in [5.74, 6) is 0.856. The Morgan fingerprint density at radius 1 is 1.26 bits per heavy atom. The van der Waals surface area contributed by atoms with Gasteiger partial charge in [-0.05, 0) is 37.5 Å². The highest BCUT2D eigenvalue weighted by atomic mass is 16.5. The Morgan fingerprint density at radius 2 is 2.00 bits per heavy atom. The van der Waals surface area contributed by atoms with E-state index >= 15 is 0 Å². The van der Waals surface area contributed by atoms with Crippen LogP contribution in [-0.4, -0.2) is 20.0 Å². The summed E-state index contributed by atoms with van der Waals surface area (Å²) in [6.45, 7) is 3.28. The van der Waals surface area contributed by atoms with Gasteiger partial charge < -0.3 is 14.3 Å². The van der Waals surface area contributed by atoms with E-state index in [9.17, 15) is 4.79 Å². The van der Waals surface area contributed by atoms with Crippen LogP contribution in [0.15, 0.2) is 35.9 Å². The van der Waals surface area contributed by atoms with Gasteiger partial charge in [-0.1, -0.05) is 23.8 Å². The van der Waals surface area contributed by atoms with Gasteiger partial charge in [0.05, 0.1) is 20.3 Å². The number of carbonyl (C=O) groups excluding carboxylic acids is 1. The van der Waals surface area contributed by atoms with Crippen molar-refractivity contribution in [2.24, 2.45) is 0 Å². The van der Waals surface area contributed by atoms with Crippen LogP contribution in [0.1, 0.15) is 31.7 Å². The molecule has 0 amide bonds. The van der Waals surface area contributed by atoms with E-state index in [0.717, 1.165) is 30.4 Å². The summed E-state index contributed by atoms with van der Waals surface area (Å²) < 4.78 is 10.7. The van der Waals surface area contributed by atoms with Crippen LogP contribution in [0.3, 0.4) is 0 Å². The summed E-state index contributed by atoms with van der Waals surface area (Å²) in [6, 6.07) is 7.86. The highest BCUT2D eigenvalue weighted by molar-refractivity contribution is 5.49. The first-order valence-electron chi connectivity index (χ1n) is 6.56. The number of methoxy groups -OCH3 is 1. The van der Waals surface area contributed by atoms with Crippen molar-refractivity contribution in [1.29, 1.82) is 0 Å². The predicted octanol–water partition coefficient (Wildman–Crippen LogP) is 3.53. The average molecular weight is 262 g/mol. The monoisotopic (exact) mass is 262 g/mol. The maximum atomic E-state index is 10.2. The van der Waals surface area contributed by atoms with Crippen molar-refractivity contribution in [2.75, 3.05) is 13.7 Å². The Balaban J connectivity index is 2.21. The third kappa shape index (κ3) is 6.77. The van der Waals surface area contributed by atoms with Crippen LogP contribution in [0, 0.1) is 0 Å². The van der Waals surface area contributed by atoms with Gasteiger partial charge in [-0.25, -0.2) is 0 Å². The lowest BCUT2D eigenvalue weighted by Gasteiger charge is -2.04. The van der Waals surface area contributed by atoms with Crippen LogP contribution in [0.5, 0.6) is 5.75 Å². The molecule has 3 heteroatoms. The van der Waals surface area contributed by atoms with Gasteiger partial charge in [-0.3, -0.25) is 0 Å². The number of unbranched alkanes of at least 4 members (excludes halogenated alkanes) is 1. The molecule has 0 unspecified atom stereocenters. The Bertz CT molecular complexity index is 393. The molecule has 1 rings (SSSR count). The molecule has 0 aliphatic rings. The van der Waals surface area contributed by atoms with Crippen molar-refractivity contribution in [3.63, 3.8) is 0 Å². The topological polar surface area (TPSA) is 35.5 Å². The molecule has 0 spiro atoms. The molecule has 0 heterocycles. The largest absolute Gasteiger partial charge is 0.497 e. The lowest BCUT2D eigenvalue weighted by atomic mass is 10.1. The molecule has 19 heavy (non-hydrogen) atoms. The molecule has 0 aromatic heterocycles. The second-order valence-electron chi connectivity index (χ2n) is 4.47. The average Bonchev–Trinajstić information content (AvgIpc) is 2.44. The van der Waals surface area contributed by atoms with Crippen molar-refractivity contribution in [2.45, 2.75) is 32.8 Å². The summed E-state index contributed by atoms with van der Waals surface area (Å²) >= 11 is 0. The van der Waals surface area contributed by atoms with Gasteiger partial charge in [0.25, 0.3) is 0 Å². The third-order valence-corrected chi connectivity index (χ3v) is 2.87. The van der Waals surface area contributed by atoms with E-state index in [-0.39, 0.29) is 0 Å². The van der Waals surface area contributed by atoms with E-state index in [2.05, 4.69) is 13.0 Å². The van der Waals surface area contributed by atoms with Gasteiger partial charge in [0.2, 0.25) is 0 Å². The van der Waals surface area contributed by atoms with Crippen molar-refractivity contribution >= 4 is 6.29 Å². The van der Waals surface area contributed by atoms with E-state index in [1.807, 2.05) is 24.3 Å². The molecular weight excluding hydrogens is 240 g/mol. The molecule has 0 radical (unpaired) electrons. The number of aldehydes is 1. The van der Waals surface area contributed by atoms with Gasteiger partial charge >= 0.3 is 0 Å². The molecule has 0 N–H and O–H groups in total. The molecule has 0 saturated carbocycles. The molecule has 104 valence electrons. The zero-order valence-electron chi connectivity index (χ0n) is 11.7. The molecule has 3 nitrogen and oxygen atoms in total. The fourth-order valence-corrected chi connectivity index (χ4v) is 1.67. The summed E-state index contributed by atoms with van der Waals surface area (Å²) in [7, 11) is 1.66. The lowest BCUT2D eigenvalue weighted by Crippen LogP contribution is -1.94. The first-order valence-corrected chi connectivity index (χ1v) is 6.56. The van der Waals surface area contributed by atoms with Crippen LogP contribution >= 0.6 is 0 Å². The number of ether oxygens (including phenoxy) is 2. The quantitative estimate of drug-likeness (QED) is 0.388. The highest BCUT2D eigenvalue weighted by Crippen LogP contribution is 2.12. The number of hydrogen-bond acceptors (Lipinski definition) is 3. The number of hydrogen-bond donors (Lipinski definition) is 0. The van der Waals surface area contributed by atoms with E-state index in [0.29, 0.717) is 19.6 Å². The highest BCUT2D eigenvalue weighted by Gasteiger charge is 1.95. The SMILES string of the molecule is COc1ccc(COC/C=C(/C)CCCC=O)cc1. The standard InChI is InChI=1S/C16H22O3/c1-14(5-3-4-11-17)10-12-19-13-15-6-8-16(18-2)9-7-15/h6-11H,3-5,12-13H2,1-2H3/b14-10-. The molecule has 0 fully saturated rings. The number of allylic oxidation sites excluding steroid dienone is 1. The Kier molecular flexibility index (Phi) is 7.59. The fraction of sp³-hybridized carbons (Fsp3) is 0.438. The summed E-state index contributed by atoms with van der Waals surface area (Å²) in [5, 5.41) is 0. The minimum Gasteiger partial charge on any atom is -0.497 e. The lowest BCUT2D eigenvalue weighted by molar-refractivity contribution is -0.107. The number of carbonyl (C=O) groups is 1. The Hall–Kier alpha value is -1.61. The fourth-order valence-electron chi connectivity index (χ4n) is 1.67. The summed E-state index contributed by atoms with van der Waals surface area (Å²) in [5.41, 5.74) is 2.41. The zero-order chi connectivity index (χ0) is 13.9. The number of rotatable bonds is 9. The second-order valence-corrected chi connectivity index (χ2v) is 4.47. The van der Waals surface area contributed by atoms with Crippen molar-refractivity contribution in [1.82, 2.24) is 0 Å². The minimum atomic E-state index is 0.599. The smallest absolute Gasteiger partial charge is 0.120 e. The first kappa shape index (κ1) is 15.4. The third-order valence-electron chi connectivity index (χ3n) is 2.87. The maximum absolute atomic E-state index is 10.2. The number of benzene rings is 1. The zero-order valence-corrected chi connectivity index (χ0v) is 11.7. The molecule has 0 atom stereocenters. The van der Waals surface area contributed by atoms with E-state index in [1.165, 1.54) is 5.57 Å². The van der Waals surface area contributed by atoms with E-state index in [4.69, 9.17) is 9.47 Å². The van der Waals surface area contributed by atoms with Gasteiger partial charge in [0.1, 0.15) is 12.0 Å². The Labute approximate surface area is 115 Å². The normalized spacial score (nSPS) is 11.4. The molecule has 1 aromatic carbocycles. The van der Waals surface area contributed by atoms with Crippen LogP contribution in [0.2, 0.25) is 0 Å². The first-order chi connectivity index (χ1) is 9.26. The van der Waals surface area contributed by atoms with Crippen LogP contribution in [-0.2, 0) is 16.1 Å². The van der Waals surface area contributed by atoms with Crippen LogP contribution < -0.4 is 4.74 Å². The second kappa shape index (κ2) is 9.34. The van der Waals surface area contributed by atoms with E-state index in [1.54, 1.807) is 7.11 Å². The van der Waals surface area contributed by atoms with Crippen LogP contribution in [0.4, 0.5) is 0 Å². The Morgan fingerprint density at radius 3 is 2.63 bits per heavy atom. The maximum Gasteiger partial charge on any atom is 0.120 e. The van der Waals surface area contributed by atoms with Crippen molar-refractivity contribution < 1.29 is 14.3 Å². The molecular formula is C16H22O3. The van der Waals surface area contributed by atoms with Gasteiger partial charge in [0, 0.05) is 6.42 Å².